The topological polar surface area (TPSA) is 193 Å². The number of imide groups is 1. The Morgan fingerprint density at radius 2 is 1.61 bits per heavy atom. The van der Waals surface area contributed by atoms with Crippen molar-refractivity contribution in [3.05, 3.63) is 102 Å². The molecule has 2 aromatic carbocycles. The zero-order valence-corrected chi connectivity index (χ0v) is 36.6. The number of benzene rings is 2. The molecule has 3 aromatic heterocycles. The van der Waals surface area contributed by atoms with Crippen LogP contribution in [-0.2, 0) is 19.8 Å². The molecule has 1 spiro atoms. The van der Waals surface area contributed by atoms with Crippen molar-refractivity contribution in [2.24, 2.45) is 11.3 Å². The van der Waals surface area contributed by atoms with Crippen molar-refractivity contribution < 1.29 is 40.8 Å². The molecule has 3 amide bonds. The van der Waals surface area contributed by atoms with Crippen molar-refractivity contribution in [2.75, 3.05) is 73.4 Å². The number of amides is 3. The molecule has 8 heterocycles. The molecular formula is C46H47F3N10O6S. The highest BCUT2D eigenvalue weighted by atomic mass is 32.2. The molecule has 0 aliphatic carbocycles. The van der Waals surface area contributed by atoms with E-state index < -0.39 is 62.9 Å². The second-order valence-electron chi connectivity index (χ2n) is 18.2. The molecule has 5 aliphatic heterocycles. The van der Waals surface area contributed by atoms with Crippen LogP contribution in [0, 0.1) is 23.0 Å². The van der Waals surface area contributed by atoms with E-state index in [1.54, 1.807) is 24.5 Å². The van der Waals surface area contributed by atoms with Gasteiger partial charge in [-0.25, -0.2) is 23.1 Å². The Labute approximate surface area is 378 Å². The van der Waals surface area contributed by atoms with Gasteiger partial charge in [-0.05, 0) is 79.6 Å². The van der Waals surface area contributed by atoms with E-state index in [1.807, 2.05) is 22.9 Å². The summed E-state index contributed by atoms with van der Waals surface area (Å²) in [6, 6.07) is 14.3. The van der Waals surface area contributed by atoms with Crippen molar-refractivity contribution in [1.29, 1.82) is 0 Å². The van der Waals surface area contributed by atoms with Crippen LogP contribution in [0.4, 0.5) is 30.2 Å². The van der Waals surface area contributed by atoms with Gasteiger partial charge >= 0.3 is 10.2 Å². The zero-order valence-electron chi connectivity index (χ0n) is 35.7. The monoisotopic (exact) mass is 924 g/mol. The number of hydrogen-bond acceptors (Lipinski definition) is 11. The number of halogens is 3. The minimum Gasteiger partial charge on any atom is -0.372 e. The smallest absolute Gasteiger partial charge is 0.301 e. The van der Waals surface area contributed by atoms with Crippen LogP contribution in [0.25, 0.3) is 22.2 Å². The Bertz CT molecular complexity index is 2840. The first-order valence-electron chi connectivity index (χ1n) is 22.1. The number of carbonyl (C=O) groups excluding carboxylic acids is 4. The molecule has 5 saturated heterocycles. The Balaban J connectivity index is 0.703. The lowest BCUT2D eigenvalue weighted by Crippen LogP contribution is -2.72. The summed E-state index contributed by atoms with van der Waals surface area (Å²) < 4.78 is 73.1. The number of carbonyl (C=O) groups is 4. The van der Waals surface area contributed by atoms with Crippen molar-refractivity contribution in [3.8, 4) is 11.1 Å². The normalized spacial score (nSPS) is 21.4. The van der Waals surface area contributed by atoms with Gasteiger partial charge in [0.1, 0.15) is 29.4 Å². The molecule has 0 bridgehead atoms. The number of nitrogens with zero attached hydrogens (tertiary/aromatic N) is 6. The van der Waals surface area contributed by atoms with E-state index in [0.717, 1.165) is 92.0 Å². The number of pyridine rings is 2. The van der Waals surface area contributed by atoms with Crippen LogP contribution in [0.2, 0.25) is 0 Å². The number of anilines is 3. The minimum absolute atomic E-state index is 0.00381. The van der Waals surface area contributed by atoms with E-state index in [1.165, 1.54) is 6.20 Å². The quantitative estimate of drug-likeness (QED) is 0.102. The predicted octanol–water partition coefficient (Wildman–Crippen LogP) is 4.41. The highest BCUT2D eigenvalue weighted by molar-refractivity contribution is 7.90. The molecule has 344 valence electrons. The molecule has 10 rings (SSSR count). The first-order chi connectivity index (χ1) is 31.7. The molecule has 0 unspecified atom stereocenters. The van der Waals surface area contributed by atoms with Crippen LogP contribution in [-0.4, -0.2) is 127 Å². The number of aromatic nitrogens is 3. The van der Waals surface area contributed by atoms with Crippen LogP contribution < -0.4 is 25.2 Å². The molecule has 66 heavy (non-hydrogen) atoms. The van der Waals surface area contributed by atoms with Gasteiger partial charge in [0.2, 0.25) is 17.6 Å². The summed E-state index contributed by atoms with van der Waals surface area (Å²) in [4.78, 5) is 68.7. The van der Waals surface area contributed by atoms with E-state index in [0.29, 0.717) is 22.5 Å². The molecule has 5 fully saturated rings. The summed E-state index contributed by atoms with van der Waals surface area (Å²) in [7, 11) is -4.35. The average Bonchev–Trinajstić information content (AvgIpc) is 3.93. The Hall–Kier alpha value is -6.38. The van der Waals surface area contributed by atoms with Crippen LogP contribution in [0.5, 0.6) is 0 Å². The van der Waals surface area contributed by atoms with Crippen LogP contribution in [0.1, 0.15) is 58.5 Å². The van der Waals surface area contributed by atoms with Gasteiger partial charge in [-0.1, -0.05) is 12.1 Å². The number of aromatic amines is 1. The summed E-state index contributed by atoms with van der Waals surface area (Å²) in [5, 5.41) is 5.24. The number of piperidine rings is 2. The van der Waals surface area contributed by atoms with Crippen molar-refractivity contribution >= 4 is 61.8 Å². The summed E-state index contributed by atoms with van der Waals surface area (Å²) >= 11 is 0. The first-order valence-corrected chi connectivity index (χ1v) is 23.5. The molecular weight excluding hydrogens is 878 g/mol. The fraction of sp³-hybridized carbons (Fsp3) is 0.391. The van der Waals surface area contributed by atoms with Crippen LogP contribution in [0.15, 0.2) is 73.2 Å². The second-order valence-corrected chi connectivity index (χ2v) is 19.8. The molecule has 20 heteroatoms. The third-order valence-corrected chi connectivity index (χ3v) is 15.0. The number of H-pyrrole nitrogens is 1. The number of hydrogen-bond donors (Lipinski definition) is 4. The first kappa shape index (κ1) is 43.5. The van der Waals surface area contributed by atoms with Gasteiger partial charge in [0.25, 0.3) is 5.91 Å². The standard InChI is InChI=1S/C46H47F3N10O6S/c47-30-13-16-59(22-30)66(64,65)55-36-8-6-35(48)40(41(36)49)42(61)34-20-52-43-33(34)17-29(18-51-43)28-1-3-31(4-2-28)57-14-11-27(12-15-57)21-56-23-46(24-56)25-58(26-46)32-5-7-37(50-19-32)44(62)53-38-9-10-39(60)54-45(38)63/h1-8,17-20,27,30,38,55H,9-16,21-26H2,(H,51,52)(H,53,62)(H,54,60,63)/t30-,38+/m1/s1. The lowest BCUT2D eigenvalue weighted by atomic mass is 9.72. The second kappa shape index (κ2) is 17.1. The van der Waals surface area contributed by atoms with E-state index in [2.05, 4.69) is 52.4 Å². The molecule has 2 atom stereocenters. The third kappa shape index (κ3) is 8.48. The Kier molecular flexibility index (Phi) is 11.3. The van der Waals surface area contributed by atoms with Crippen LogP contribution >= 0.6 is 0 Å². The predicted molar refractivity (Wildman–Crippen MR) is 239 cm³/mol. The van der Waals surface area contributed by atoms with Crippen molar-refractivity contribution in [2.45, 2.75) is 44.3 Å². The summed E-state index contributed by atoms with van der Waals surface area (Å²) in [6.45, 7) is 6.42. The number of fused-ring (bicyclic) bond motifs is 1. The zero-order chi connectivity index (χ0) is 45.9. The summed E-state index contributed by atoms with van der Waals surface area (Å²) in [5.74, 6) is -4.23. The van der Waals surface area contributed by atoms with Crippen molar-refractivity contribution in [1.82, 2.24) is 34.8 Å². The third-order valence-electron chi connectivity index (χ3n) is 13.5. The fourth-order valence-corrected chi connectivity index (χ4v) is 11.3. The fourth-order valence-electron chi connectivity index (χ4n) is 9.98. The number of alkyl halides is 1. The SMILES string of the molecule is O=C1CC[C@H](NC(=O)c2ccc(N3CC4(CN(CC5CCN(c6ccc(-c7cnc8[nH]cc(C(=O)c9c(F)ccc(NS(=O)(=O)N%10CC[C@@H](F)C%10)c9F)c8c7)cc6)CC5)C4)C3)cn2)C(=O)N1. The number of ketones is 1. The van der Waals surface area contributed by atoms with Crippen LogP contribution in [0.3, 0.4) is 0 Å². The molecule has 5 aliphatic rings. The van der Waals surface area contributed by atoms with Gasteiger partial charge in [0.15, 0.2) is 5.82 Å². The van der Waals surface area contributed by atoms with Gasteiger partial charge in [0.05, 0.1) is 23.1 Å². The molecule has 0 radical (unpaired) electrons. The van der Waals surface area contributed by atoms with E-state index in [4.69, 9.17) is 0 Å². The van der Waals surface area contributed by atoms with Gasteiger partial charge in [-0.3, -0.25) is 29.2 Å². The lowest BCUT2D eigenvalue weighted by molar-refractivity contribution is -0.134. The maximum absolute atomic E-state index is 15.8. The number of likely N-dealkylation sites (tertiary alicyclic amines) is 1. The van der Waals surface area contributed by atoms with Gasteiger partial charge in [-0.15, -0.1) is 0 Å². The van der Waals surface area contributed by atoms with E-state index >= 15 is 8.78 Å². The Morgan fingerprint density at radius 3 is 2.30 bits per heavy atom. The minimum atomic E-state index is -4.35. The summed E-state index contributed by atoms with van der Waals surface area (Å²) in [5.41, 5.74) is 2.78. The average molecular weight is 925 g/mol. The number of rotatable bonds is 12. The lowest BCUT2D eigenvalue weighted by Gasteiger charge is -2.61. The van der Waals surface area contributed by atoms with E-state index in [9.17, 15) is 32.0 Å². The largest absolute Gasteiger partial charge is 0.372 e. The maximum atomic E-state index is 15.8. The van der Waals surface area contributed by atoms with E-state index in [-0.39, 0.29) is 54.9 Å². The molecule has 5 aromatic rings. The Morgan fingerprint density at radius 1 is 0.848 bits per heavy atom. The molecule has 16 nitrogen and oxygen atoms in total. The summed E-state index contributed by atoms with van der Waals surface area (Å²) in [6.07, 6.45) is 5.92. The van der Waals surface area contributed by atoms with Crippen molar-refractivity contribution in [3.63, 3.8) is 0 Å². The van der Waals surface area contributed by atoms with Gasteiger partial charge in [0, 0.05) is 105 Å². The maximum Gasteiger partial charge on any atom is 0.301 e. The highest BCUT2D eigenvalue weighted by Gasteiger charge is 2.52. The molecule has 0 saturated carbocycles. The van der Waals surface area contributed by atoms with Gasteiger partial charge < -0.3 is 25.0 Å². The number of nitrogens with one attached hydrogen (secondary N) is 4. The molecule has 4 N–H and O–H groups in total. The highest BCUT2D eigenvalue weighted by Crippen LogP contribution is 2.42. The van der Waals surface area contributed by atoms with Gasteiger partial charge in [-0.2, -0.15) is 12.7 Å².